The standard InChI is InChI=1S/C25H31N3O2/c1-19-9-2-3-10-20(19)17-27-14-8-11-21(18-27)24(29)26-23-13-5-4-12-22(23)25(30)28-15-6-7-16-28/h2-5,9-10,12-13,21H,6-8,11,14-18H2,1H3,(H,26,29). The SMILES string of the molecule is Cc1ccccc1CN1CCCC(C(=O)Nc2ccccc2C(=O)N2CCCC2)C1. The Hall–Kier alpha value is -2.66. The molecule has 0 aromatic heterocycles. The molecule has 2 heterocycles. The number of para-hydroxylation sites is 1. The summed E-state index contributed by atoms with van der Waals surface area (Å²) in [4.78, 5) is 30.2. The van der Waals surface area contributed by atoms with Crippen LogP contribution in [0.5, 0.6) is 0 Å². The van der Waals surface area contributed by atoms with E-state index in [2.05, 4.69) is 41.4 Å². The normalized spacial score (nSPS) is 19.6. The van der Waals surface area contributed by atoms with E-state index in [0.29, 0.717) is 11.3 Å². The third-order valence-corrected chi connectivity index (χ3v) is 6.34. The van der Waals surface area contributed by atoms with Crippen molar-refractivity contribution in [1.29, 1.82) is 0 Å². The average Bonchev–Trinajstić information content (AvgIpc) is 3.30. The molecule has 1 N–H and O–H groups in total. The van der Waals surface area contributed by atoms with Crippen molar-refractivity contribution in [3.8, 4) is 0 Å². The van der Waals surface area contributed by atoms with Crippen LogP contribution >= 0.6 is 0 Å². The zero-order valence-electron chi connectivity index (χ0n) is 17.8. The summed E-state index contributed by atoms with van der Waals surface area (Å²) in [6.45, 7) is 6.39. The monoisotopic (exact) mass is 405 g/mol. The summed E-state index contributed by atoms with van der Waals surface area (Å²) in [5.74, 6) is -0.0166. The first-order chi connectivity index (χ1) is 14.6. The molecule has 0 saturated carbocycles. The van der Waals surface area contributed by atoms with E-state index in [-0.39, 0.29) is 17.7 Å². The number of hydrogen-bond acceptors (Lipinski definition) is 3. The Morgan fingerprint density at radius 1 is 0.967 bits per heavy atom. The minimum absolute atomic E-state index is 0.0196. The van der Waals surface area contributed by atoms with Crippen molar-refractivity contribution in [2.24, 2.45) is 5.92 Å². The number of rotatable bonds is 5. The molecule has 5 heteroatoms. The molecule has 5 nitrogen and oxygen atoms in total. The molecule has 0 aliphatic carbocycles. The molecule has 0 radical (unpaired) electrons. The lowest BCUT2D eigenvalue weighted by Crippen LogP contribution is -2.40. The summed E-state index contributed by atoms with van der Waals surface area (Å²) >= 11 is 0. The Bertz CT molecular complexity index is 905. The molecule has 0 spiro atoms. The van der Waals surface area contributed by atoms with Crippen LogP contribution in [0.3, 0.4) is 0 Å². The predicted octanol–water partition coefficient (Wildman–Crippen LogP) is 4.08. The fourth-order valence-corrected chi connectivity index (χ4v) is 4.55. The maximum atomic E-state index is 13.1. The van der Waals surface area contributed by atoms with Gasteiger partial charge in [0.15, 0.2) is 0 Å². The maximum Gasteiger partial charge on any atom is 0.255 e. The fourth-order valence-electron chi connectivity index (χ4n) is 4.55. The first kappa shape index (κ1) is 20.6. The predicted molar refractivity (Wildman–Crippen MR) is 119 cm³/mol. The minimum Gasteiger partial charge on any atom is -0.339 e. The number of carbonyl (C=O) groups excluding carboxylic acids is 2. The number of likely N-dealkylation sites (tertiary alicyclic amines) is 2. The van der Waals surface area contributed by atoms with Gasteiger partial charge in [0.25, 0.3) is 5.91 Å². The highest BCUT2D eigenvalue weighted by atomic mass is 16.2. The molecular weight excluding hydrogens is 374 g/mol. The zero-order valence-corrected chi connectivity index (χ0v) is 17.8. The molecule has 2 aliphatic rings. The van der Waals surface area contributed by atoms with Crippen LogP contribution < -0.4 is 5.32 Å². The Kier molecular flexibility index (Phi) is 6.48. The van der Waals surface area contributed by atoms with E-state index in [1.54, 1.807) is 0 Å². The largest absolute Gasteiger partial charge is 0.339 e. The highest BCUT2D eigenvalue weighted by molar-refractivity contribution is 6.04. The molecule has 2 aromatic carbocycles. The summed E-state index contributed by atoms with van der Waals surface area (Å²) < 4.78 is 0. The fraction of sp³-hybridized carbons (Fsp3) is 0.440. The second-order valence-corrected chi connectivity index (χ2v) is 8.53. The van der Waals surface area contributed by atoms with Gasteiger partial charge in [-0.05, 0) is 62.4 Å². The Morgan fingerprint density at radius 3 is 2.50 bits per heavy atom. The van der Waals surface area contributed by atoms with Gasteiger partial charge in [-0.15, -0.1) is 0 Å². The lowest BCUT2D eigenvalue weighted by atomic mass is 9.96. The average molecular weight is 406 g/mol. The zero-order chi connectivity index (χ0) is 20.9. The topological polar surface area (TPSA) is 52.7 Å². The Balaban J connectivity index is 1.41. The van der Waals surface area contributed by atoms with Gasteiger partial charge in [0, 0.05) is 26.2 Å². The molecule has 158 valence electrons. The number of aryl methyl sites for hydroxylation is 1. The van der Waals surface area contributed by atoms with Crippen LogP contribution in [0.2, 0.25) is 0 Å². The van der Waals surface area contributed by atoms with Gasteiger partial charge in [-0.25, -0.2) is 0 Å². The number of nitrogens with zero attached hydrogens (tertiary/aromatic N) is 2. The molecule has 30 heavy (non-hydrogen) atoms. The van der Waals surface area contributed by atoms with Crippen LogP contribution in [0.4, 0.5) is 5.69 Å². The third-order valence-electron chi connectivity index (χ3n) is 6.34. The van der Waals surface area contributed by atoms with Gasteiger partial charge in [-0.3, -0.25) is 14.5 Å². The molecule has 1 unspecified atom stereocenters. The van der Waals surface area contributed by atoms with Gasteiger partial charge >= 0.3 is 0 Å². The maximum absolute atomic E-state index is 13.1. The Morgan fingerprint density at radius 2 is 1.70 bits per heavy atom. The van der Waals surface area contributed by atoms with Gasteiger partial charge in [0.2, 0.25) is 5.91 Å². The third kappa shape index (κ3) is 4.73. The number of benzene rings is 2. The number of nitrogens with one attached hydrogen (secondary N) is 1. The lowest BCUT2D eigenvalue weighted by molar-refractivity contribution is -0.121. The summed E-state index contributed by atoms with van der Waals surface area (Å²) in [5.41, 5.74) is 3.84. The molecule has 2 aromatic rings. The molecule has 2 fully saturated rings. The van der Waals surface area contributed by atoms with E-state index < -0.39 is 0 Å². The van der Waals surface area contributed by atoms with Crippen molar-refractivity contribution in [3.63, 3.8) is 0 Å². The second kappa shape index (κ2) is 9.43. The van der Waals surface area contributed by atoms with Crippen molar-refractivity contribution >= 4 is 17.5 Å². The van der Waals surface area contributed by atoms with Gasteiger partial charge in [-0.1, -0.05) is 36.4 Å². The van der Waals surface area contributed by atoms with E-state index in [0.717, 1.165) is 58.4 Å². The van der Waals surface area contributed by atoms with Crippen LogP contribution in [0.25, 0.3) is 0 Å². The van der Waals surface area contributed by atoms with Crippen LogP contribution in [-0.4, -0.2) is 47.8 Å². The van der Waals surface area contributed by atoms with Gasteiger partial charge in [0.1, 0.15) is 0 Å². The Labute approximate surface area is 179 Å². The van der Waals surface area contributed by atoms with Crippen LogP contribution in [0.15, 0.2) is 48.5 Å². The summed E-state index contributed by atoms with van der Waals surface area (Å²) in [6, 6.07) is 15.8. The molecule has 2 amide bonds. The van der Waals surface area contributed by atoms with E-state index in [9.17, 15) is 9.59 Å². The van der Waals surface area contributed by atoms with Gasteiger partial charge in [0.05, 0.1) is 17.2 Å². The highest BCUT2D eigenvalue weighted by Crippen LogP contribution is 2.24. The van der Waals surface area contributed by atoms with Crippen molar-refractivity contribution in [3.05, 3.63) is 65.2 Å². The summed E-state index contributed by atoms with van der Waals surface area (Å²) in [5, 5.41) is 3.07. The number of anilines is 1. The van der Waals surface area contributed by atoms with E-state index >= 15 is 0 Å². The van der Waals surface area contributed by atoms with E-state index in [1.807, 2.05) is 29.2 Å². The van der Waals surface area contributed by atoms with Crippen molar-refractivity contribution in [2.75, 3.05) is 31.5 Å². The quantitative estimate of drug-likeness (QED) is 0.815. The molecule has 4 rings (SSSR count). The van der Waals surface area contributed by atoms with Gasteiger partial charge in [-0.2, -0.15) is 0 Å². The lowest BCUT2D eigenvalue weighted by Gasteiger charge is -2.32. The van der Waals surface area contributed by atoms with Crippen molar-refractivity contribution < 1.29 is 9.59 Å². The number of carbonyl (C=O) groups is 2. The first-order valence-corrected chi connectivity index (χ1v) is 11.1. The first-order valence-electron chi connectivity index (χ1n) is 11.1. The number of amides is 2. The van der Waals surface area contributed by atoms with E-state index in [4.69, 9.17) is 0 Å². The molecule has 2 aliphatic heterocycles. The number of piperidine rings is 1. The highest BCUT2D eigenvalue weighted by Gasteiger charge is 2.28. The van der Waals surface area contributed by atoms with Crippen LogP contribution in [0, 0.1) is 12.8 Å². The molecular formula is C25H31N3O2. The number of hydrogen-bond donors (Lipinski definition) is 1. The van der Waals surface area contributed by atoms with Crippen molar-refractivity contribution in [2.45, 2.75) is 39.2 Å². The van der Waals surface area contributed by atoms with Crippen LogP contribution in [0.1, 0.15) is 47.2 Å². The van der Waals surface area contributed by atoms with E-state index in [1.165, 1.54) is 11.1 Å². The van der Waals surface area contributed by atoms with Gasteiger partial charge < -0.3 is 10.2 Å². The molecule has 0 bridgehead atoms. The molecule has 1 atom stereocenters. The summed E-state index contributed by atoms with van der Waals surface area (Å²) in [7, 11) is 0. The van der Waals surface area contributed by atoms with Crippen LogP contribution in [-0.2, 0) is 11.3 Å². The smallest absolute Gasteiger partial charge is 0.255 e. The second-order valence-electron chi connectivity index (χ2n) is 8.53. The summed E-state index contributed by atoms with van der Waals surface area (Å²) in [6.07, 6.45) is 4.01. The van der Waals surface area contributed by atoms with Crippen molar-refractivity contribution in [1.82, 2.24) is 9.80 Å². The minimum atomic E-state index is -0.0577. The molecule has 2 saturated heterocycles.